The summed E-state index contributed by atoms with van der Waals surface area (Å²) in [5.41, 5.74) is 0.602. The molecule has 0 saturated carbocycles. The fourth-order valence-corrected chi connectivity index (χ4v) is 4.39. The number of amides is 1. The smallest absolute Gasteiger partial charge is 0.407 e. The van der Waals surface area contributed by atoms with Crippen LogP contribution in [-0.2, 0) is 10.0 Å². The zero-order valence-corrected chi connectivity index (χ0v) is 17.9. The van der Waals surface area contributed by atoms with Gasteiger partial charge < -0.3 is 14.7 Å². The number of likely N-dealkylation sites (tertiary alicyclic amines) is 1. The van der Waals surface area contributed by atoms with Gasteiger partial charge in [0.25, 0.3) is 0 Å². The molecule has 2 aromatic heterocycles. The number of rotatable bonds is 5. The van der Waals surface area contributed by atoms with Crippen LogP contribution in [0.3, 0.4) is 0 Å². The molecule has 1 fully saturated rings. The van der Waals surface area contributed by atoms with Gasteiger partial charge in [-0.2, -0.15) is 5.10 Å². The van der Waals surface area contributed by atoms with E-state index in [-0.39, 0.29) is 10.9 Å². The topological polar surface area (TPSA) is 131 Å². The Kier molecular flexibility index (Phi) is 5.50. The predicted octanol–water partition coefficient (Wildman–Crippen LogP) is 2.18. The number of fused-ring (bicyclic) bond motifs is 1. The Morgan fingerprint density at radius 3 is 2.45 bits per heavy atom. The first-order chi connectivity index (χ1) is 14.8. The molecule has 1 aromatic carbocycles. The van der Waals surface area contributed by atoms with Gasteiger partial charge in [-0.3, -0.25) is 0 Å². The summed E-state index contributed by atoms with van der Waals surface area (Å²) in [7, 11) is -0.576. The highest BCUT2D eigenvalue weighted by Crippen LogP contribution is 2.31. The van der Waals surface area contributed by atoms with Crippen molar-refractivity contribution in [2.75, 3.05) is 27.2 Å². The zero-order valence-electron chi connectivity index (χ0n) is 17.0. The number of carboxylic acid groups (broad SMARTS) is 1. The summed E-state index contributed by atoms with van der Waals surface area (Å²) in [5, 5.41) is 14.2. The van der Waals surface area contributed by atoms with Crippen molar-refractivity contribution < 1.29 is 23.1 Å². The number of hydrogen-bond acceptors (Lipinski definition) is 7. The summed E-state index contributed by atoms with van der Waals surface area (Å²) in [6, 6.07) is 6.12. The summed E-state index contributed by atoms with van der Waals surface area (Å²) in [4.78, 5) is 21.2. The molecular formula is C19H22N6O5S. The molecule has 1 aliphatic rings. The maximum atomic E-state index is 12.2. The van der Waals surface area contributed by atoms with Gasteiger partial charge in [-0.1, -0.05) is 0 Å². The van der Waals surface area contributed by atoms with E-state index in [9.17, 15) is 13.2 Å². The molecule has 31 heavy (non-hydrogen) atoms. The van der Waals surface area contributed by atoms with E-state index >= 15 is 0 Å². The maximum Gasteiger partial charge on any atom is 0.407 e. The molecule has 1 N–H and O–H groups in total. The highest BCUT2D eigenvalue weighted by atomic mass is 32.2. The molecule has 0 aliphatic carbocycles. The van der Waals surface area contributed by atoms with Crippen molar-refractivity contribution in [3.63, 3.8) is 0 Å². The Morgan fingerprint density at radius 1 is 1.16 bits per heavy atom. The Labute approximate surface area is 178 Å². The van der Waals surface area contributed by atoms with Crippen molar-refractivity contribution in [1.82, 2.24) is 29.0 Å². The molecule has 1 saturated heterocycles. The maximum absolute atomic E-state index is 12.2. The van der Waals surface area contributed by atoms with Crippen molar-refractivity contribution in [3.05, 3.63) is 36.8 Å². The minimum atomic E-state index is -3.52. The number of nitrogens with zero attached hydrogens (tertiary/aromatic N) is 6. The Hall–Kier alpha value is -3.25. The number of hydrogen-bond donors (Lipinski definition) is 1. The third-order valence-electron chi connectivity index (χ3n) is 5.25. The van der Waals surface area contributed by atoms with Crippen LogP contribution in [0.15, 0.2) is 41.7 Å². The lowest BCUT2D eigenvalue weighted by atomic mass is 10.1. The van der Waals surface area contributed by atoms with Gasteiger partial charge in [0.15, 0.2) is 5.65 Å². The van der Waals surface area contributed by atoms with Gasteiger partial charge in [0, 0.05) is 27.2 Å². The molecule has 3 aromatic rings. The normalized spacial score (nSPS) is 15.5. The van der Waals surface area contributed by atoms with Crippen molar-refractivity contribution in [3.8, 4) is 11.6 Å². The molecule has 0 spiro atoms. The van der Waals surface area contributed by atoms with E-state index in [2.05, 4.69) is 15.1 Å². The van der Waals surface area contributed by atoms with E-state index in [1.165, 1.54) is 37.5 Å². The van der Waals surface area contributed by atoms with Gasteiger partial charge >= 0.3 is 6.09 Å². The average molecular weight is 446 g/mol. The summed E-state index contributed by atoms with van der Waals surface area (Å²) in [6.07, 6.45) is 3.38. The second kappa shape index (κ2) is 8.12. The standard InChI is InChI=1S/C19H22N6O5S/c1-23(2)31(28,29)15-5-3-14(4-6-15)30-18-16-11-22-25(17(16)20-12-21-18)13-7-9-24(10-8-13)19(26)27/h3-6,11-13H,7-10H2,1-2H3,(H,26,27). The molecule has 12 heteroatoms. The monoisotopic (exact) mass is 446 g/mol. The number of ether oxygens (including phenoxy) is 1. The van der Waals surface area contributed by atoms with E-state index < -0.39 is 16.1 Å². The lowest BCUT2D eigenvalue weighted by molar-refractivity contribution is 0.124. The predicted molar refractivity (Wildman–Crippen MR) is 111 cm³/mol. The van der Waals surface area contributed by atoms with E-state index in [4.69, 9.17) is 9.84 Å². The average Bonchev–Trinajstić information content (AvgIpc) is 3.19. The molecule has 0 radical (unpaired) electrons. The molecule has 3 heterocycles. The van der Waals surface area contributed by atoms with Crippen LogP contribution in [0.25, 0.3) is 11.0 Å². The summed E-state index contributed by atoms with van der Waals surface area (Å²) in [5.74, 6) is 0.739. The van der Waals surface area contributed by atoms with Gasteiger partial charge in [0.05, 0.1) is 17.1 Å². The SMILES string of the molecule is CN(C)S(=O)(=O)c1ccc(Oc2ncnc3c2cnn3C2CCN(C(=O)O)CC2)cc1. The number of carbonyl (C=O) groups is 1. The van der Waals surface area contributed by atoms with Crippen LogP contribution in [0.5, 0.6) is 11.6 Å². The van der Waals surface area contributed by atoms with Crippen molar-refractivity contribution in [2.24, 2.45) is 0 Å². The second-order valence-electron chi connectivity index (χ2n) is 7.37. The van der Waals surface area contributed by atoms with Crippen molar-refractivity contribution >= 4 is 27.1 Å². The lowest BCUT2D eigenvalue weighted by Crippen LogP contribution is -2.38. The first kappa shape index (κ1) is 21.0. The highest BCUT2D eigenvalue weighted by molar-refractivity contribution is 7.89. The van der Waals surface area contributed by atoms with E-state index in [1.807, 2.05) is 0 Å². The number of benzene rings is 1. The third-order valence-corrected chi connectivity index (χ3v) is 7.08. The minimum absolute atomic E-state index is 0.0337. The lowest BCUT2D eigenvalue weighted by Gasteiger charge is -2.30. The van der Waals surface area contributed by atoms with Gasteiger partial charge in [-0.15, -0.1) is 0 Å². The van der Waals surface area contributed by atoms with Gasteiger partial charge in [-0.05, 0) is 37.1 Å². The molecular weight excluding hydrogens is 424 g/mol. The van der Waals surface area contributed by atoms with E-state index in [0.717, 1.165) is 4.31 Å². The fourth-order valence-electron chi connectivity index (χ4n) is 3.49. The molecule has 4 rings (SSSR count). The Balaban J connectivity index is 1.56. The minimum Gasteiger partial charge on any atom is -0.465 e. The van der Waals surface area contributed by atoms with Crippen molar-refractivity contribution in [2.45, 2.75) is 23.8 Å². The van der Waals surface area contributed by atoms with Gasteiger partial charge in [0.2, 0.25) is 15.9 Å². The molecule has 1 aliphatic heterocycles. The van der Waals surface area contributed by atoms with Crippen LogP contribution in [0.1, 0.15) is 18.9 Å². The zero-order chi connectivity index (χ0) is 22.2. The Bertz CT molecular complexity index is 1200. The molecule has 0 atom stereocenters. The van der Waals surface area contributed by atoms with Gasteiger partial charge in [0.1, 0.15) is 17.5 Å². The van der Waals surface area contributed by atoms with Crippen LogP contribution < -0.4 is 4.74 Å². The summed E-state index contributed by atoms with van der Waals surface area (Å²) in [6.45, 7) is 0.885. The highest BCUT2D eigenvalue weighted by Gasteiger charge is 2.26. The van der Waals surface area contributed by atoms with Crippen LogP contribution in [0.2, 0.25) is 0 Å². The first-order valence-electron chi connectivity index (χ1n) is 9.64. The summed E-state index contributed by atoms with van der Waals surface area (Å²) >= 11 is 0. The van der Waals surface area contributed by atoms with E-state index in [1.54, 1.807) is 23.0 Å². The third kappa shape index (κ3) is 4.03. The van der Waals surface area contributed by atoms with Gasteiger partial charge in [-0.25, -0.2) is 32.2 Å². The van der Waals surface area contributed by atoms with Crippen LogP contribution in [-0.4, -0.2) is 75.8 Å². The number of piperidine rings is 1. The molecule has 0 unspecified atom stereocenters. The molecule has 0 bridgehead atoms. The molecule has 1 amide bonds. The molecule has 164 valence electrons. The largest absolute Gasteiger partial charge is 0.465 e. The van der Waals surface area contributed by atoms with E-state index in [0.29, 0.717) is 48.6 Å². The van der Waals surface area contributed by atoms with Crippen LogP contribution in [0, 0.1) is 0 Å². The fraction of sp³-hybridized carbons (Fsp3) is 0.368. The molecule has 11 nitrogen and oxygen atoms in total. The number of sulfonamides is 1. The Morgan fingerprint density at radius 2 is 1.84 bits per heavy atom. The van der Waals surface area contributed by atoms with Crippen LogP contribution >= 0.6 is 0 Å². The quantitative estimate of drug-likeness (QED) is 0.631. The van der Waals surface area contributed by atoms with Crippen molar-refractivity contribution in [1.29, 1.82) is 0 Å². The summed E-state index contributed by atoms with van der Waals surface area (Å²) < 4.78 is 33.2. The first-order valence-corrected chi connectivity index (χ1v) is 11.1. The van der Waals surface area contributed by atoms with Crippen LogP contribution in [0.4, 0.5) is 4.79 Å². The number of aromatic nitrogens is 4. The second-order valence-corrected chi connectivity index (χ2v) is 9.52.